The molecule has 2 aromatic heterocycles. The lowest BCUT2D eigenvalue weighted by Gasteiger charge is -2.12. The van der Waals surface area contributed by atoms with Crippen molar-refractivity contribution in [2.45, 2.75) is 6.42 Å². The van der Waals surface area contributed by atoms with E-state index >= 15 is 0 Å². The smallest absolute Gasteiger partial charge is 0.273 e. The van der Waals surface area contributed by atoms with Gasteiger partial charge < -0.3 is 14.8 Å². The molecule has 0 saturated heterocycles. The maximum atomic E-state index is 12.2. The Morgan fingerprint density at radius 3 is 2.79 bits per heavy atom. The number of nitrogens with one attached hydrogen (secondary N) is 1. The highest BCUT2D eigenvalue weighted by Gasteiger charge is 2.15. The maximum absolute atomic E-state index is 12.2. The fourth-order valence-corrected chi connectivity index (χ4v) is 2.32. The third kappa shape index (κ3) is 3.88. The van der Waals surface area contributed by atoms with Gasteiger partial charge in [0.15, 0.2) is 5.69 Å². The number of carbonyl (C=O) groups excluding carboxylic acids is 1. The number of benzene rings is 1. The van der Waals surface area contributed by atoms with Crippen molar-refractivity contribution in [2.75, 3.05) is 13.2 Å². The Hall–Kier alpha value is -2.93. The molecule has 1 amide bonds. The fraction of sp³-hybridized carbons (Fsp3) is 0.235. The van der Waals surface area contributed by atoms with Gasteiger partial charge in [0.2, 0.25) is 0 Å². The number of aliphatic hydroxyl groups excluding tert-OH is 1. The number of nitrogens with zero attached hydrogens (tertiary/aromatic N) is 3. The van der Waals surface area contributed by atoms with Crippen LogP contribution < -0.4 is 5.32 Å². The van der Waals surface area contributed by atoms with Crippen LogP contribution in [0.1, 0.15) is 16.2 Å². The van der Waals surface area contributed by atoms with E-state index < -0.39 is 0 Å². The minimum atomic E-state index is -0.324. The van der Waals surface area contributed by atoms with Crippen LogP contribution in [0, 0.1) is 5.92 Å². The van der Waals surface area contributed by atoms with Crippen LogP contribution in [-0.2, 0) is 6.42 Å². The van der Waals surface area contributed by atoms with Gasteiger partial charge in [0.1, 0.15) is 5.76 Å². The van der Waals surface area contributed by atoms with E-state index in [2.05, 4.69) is 15.6 Å². The molecule has 0 saturated carbocycles. The van der Waals surface area contributed by atoms with Gasteiger partial charge >= 0.3 is 0 Å². The van der Waals surface area contributed by atoms with Gasteiger partial charge in [-0.15, -0.1) is 5.10 Å². The minimum Gasteiger partial charge on any atom is -0.469 e. The highest BCUT2D eigenvalue weighted by molar-refractivity contribution is 5.91. The lowest BCUT2D eigenvalue weighted by atomic mass is 10.1. The summed E-state index contributed by atoms with van der Waals surface area (Å²) in [7, 11) is 0. The molecule has 1 atom stereocenters. The normalized spacial score (nSPS) is 12.0. The molecule has 124 valence electrons. The third-order valence-corrected chi connectivity index (χ3v) is 3.63. The molecule has 2 N–H and O–H groups in total. The van der Waals surface area contributed by atoms with E-state index in [4.69, 9.17) is 4.42 Å². The molecule has 3 aromatic rings. The maximum Gasteiger partial charge on any atom is 0.273 e. The molecule has 2 heterocycles. The largest absolute Gasteiger partial charge is 0.469 e. The Kier molecular flexibility index (Phi) is 5.02. The molecule has 0 aliphatic rings. The lowest BCUT2D eigenvalue weighted by molar-refractivity contribution is 0.0934. The first-order valence-electron chi connectivity index (χ1n) is 7.65. The van der Waals surface area contributed by atoms with Gasteiger partial charge in [-0.05, 0) is 24.3 Å². The van der Waals surface area contributed by atoms with Crippen molar-refractivity contribution in [3.05, 3.63) is 66.4 Å². The number of hydrogen-bond donors (Lipinski definition) is 2. The Bertz CT molecular complexity index is 768. The molecule has 0 bridgehead atoms. The molecule has 0 radical (unpaired) electrons. The van der Waals surface area contributed by atoms with E-state index in [0.29, 0.717) is 13.0 Å². The first-order chi connectivity index (χ1) is 11.8. The standard InChI is InChI=1S/C17H18N4O3/c22-12-13(9-15-7-4-8-24-15)10-18-17(23)16-11-21(20-19-16)14-5-2-1-3-6-14/h1-8,11,13,22H,9-10,12H2,(H,18,23). The van der Waals surface area contributed by atoms with Crippen molar-refractivity contribution in [2.24, 2.45) is 5.92 Å². The van der Waals surface area contributed by atoms with Crippen molar-refractivity contribution >= 4 is 5.91 Å². The zero-order chi connectivity index (χ0) is 16.8. The summed E-state index contributed by atoms with van der Waals surface area (Å²) in [5, 5.41) is 20.1. The van der Waals surface area contributed by atoms with Crippen LogP contribution in [0.2, 0.25) is 0 Å². The average molecular weight is 326 g/mol. The Labute approximate surface area is 138 Å². The number of furan rings is 1. The molecule has 1 unspecified atom stereocenters. The molecule has 3 rings (SSSR count). The summed E-state index contributed by atoms with van der Waals surface area (Å²) in [5.41, 5.74) is 1.06. The molecule has 24 heavy (non-hydrogen) atoms. The summed E-state index contributed by atoms with van der Waals surface area (Å²) in [6, 6.07) is 13.1. The van der Waals surface area contributed by atoms with Gasteiger partial charge in [-0.25, -0.2) is 4.68 Å². The Balaban J connectivity index is 1.58. The third-order valence-electron chi connectivity index (χ3n) is 3.63. The summed E-state index contributed by atoms with van der Waals surface area (Å²) in [5.74, 6) is 0.331. The summed E-state index contributed by atoms with van der Waals surface area (Å²) >= 11 is 0. The van der Waals surface area contributed by atoms with Crippen LogP contribution in [0.25, 0.3) is 5.69 Å². The Morgan fingerprint density at radius 1 is 1.25 bits per heavy atom. The molecule has 7 nitrogen and oxygen atoms in total. The van der Waals surface area contributed by atoms with Crippen molar-refractivity contribution < 1.29 is 14.3 Å². The SMILES string of the molecule is O=C(NCC(CO)Cc1ccco1)c1cn(-c2ccccc2)nn1. The van der Waals surface area contributed by atoms with Gasteiger partial charge in [-0.3, -0.25) is 4.79 Å². The van der Waals surface area contributed by atoms with Crippen molar-refractivity contribution in [3.8, 4) is 5.69 Å². The molecule has 0 spiro atoms. The second-order valence-corrected chi connectivity index (χ2v) is 5.43. The number of amides is 1. The van der Waals surface area contributed by atoms with Crippen LogP contribution >= 0.6 is 0 Å². The summed E-state index contributed by atoms with van der Waals surface area (Å²) in [6.45, 7) is 0.284. The number of aromatic nitrogens is 3. The topological polar surface area (TPSA) is 93.2 Å². The highest BCUT2D eigenvalue weighted by Crippen LogP contribution is 2.09. The zero-order valence-electron chi connectivity index (χ0n) is 13.0. The van der Waals surface area contributed by atoms with Crippen LogP contribution in [0.5, 0.6) is 0 Å². The quantitative estimate of drug-likeness (QED) is 0.685. The monoisotopic (exact) mass is 326 g/mol. The number of hydrogen-bond acceptors (Lipinski definition) is 5. The van der Waals surface area contributed by atoms with Gasteiger partial charge in [-0.1, -0.05) is 23.4 Å². The Morgan fingerprint density at radius 2 is 2.08 bits per heavy atom. The van der Waals surface area contributed by atoms with Gasteiger partial charge in [0, 0.05) is 25.5 Å². The van der Waals surface area contributed by atoms with Crippen LogP contribution in [0.15, 0.2) is 59.3 Å². The summed E-state index contributed by atoms with van der Waals surface area (Å²) in [6.07, 6.45) is 3.72. The highest BCUT2D eigenvalue weighted by atomic mass is 16.3. The summed E-state index contributed by atoms with van der Waals surface area (Å²) < 4.78 is 6.80. The number of aliphatic hydroxyl groups is 1. The molecule has 7 heteroatoms. The van der Waals surface area contributed by atoms with E-state index in [1.807, 2.05) is 36.4 Å². The number of rotatable bonds is 7. The second kappa shape index (κ2) is 7.56. The van der Waals surface area contributed by atoms with Gasteiger partial charge in [0.05, 0.1) is 18.1 Å². The van der Waals surface area contributed by atoms with E-state index in [9.17, 15) is 9.90 Å². The molecule has 1 aromatic carbocycles. The molecule has 0 fully saturated rings. The molecule has 0 aliphatic carbocycles. The minimum absolute atomic E-state index is 0.0440. The van der Waals surface area contributed by atoms with Gasteiger partial charge in [-0.2, -0.15) is 0 Å². The van der Waals surface area contributed by atoms with Crippen LogP contribution in [0.3, 0.4) is 0 Å². The number of carbonyl (C=O) groups is 1. The van der Waals surface area contributed by atoms with Crippen molar-refractivity contribution in [3.63, 3.8) is 0 Å². The molecular formula is C17H18N4O3. The average Bonchev–Trinajstić information content (AvgIpc) is 3.31. The fourth-order valence-electron chi connectivity index (χ4n) is 2.32. The first kappa shape index (κ1) is 15.9. The predicted molar refractivity (Wildman–Crippen MR) is 86.7 cm³/mol. The first-order valence-corrected chi connectivity index (χ1v) is 7.65. The van der Waals surface area contributed by atoms with Crippen molar-refractivity contribution in [1.82, 2.24) is 20.3 Å². The molecular weight excluding hydrogens is 308 g/mol. The van der Waals surface area contributed by atoms with E-state index in [1.165, 1.54) is 0 Å². The zero-order valence-corrected chi connectivity index (χ0v) is 13.0. The summed E-state index contributed by atoms with van der Waals surface area (Å²) in [4.78, 5) is 12.2. The van der Waals surface area contributed by atoms with Crippen LogP contribution in [0.4, 0.5) is 0 Å². The second-order valence-electron chi connectivity index (χ2n) is 5.43. The lowest BCUT2D eigenvalue weighted by Crippen LogP contribution is -2.32. The van der Waals surface area contributed by atoms with Gasteiger partial charge in [0.25, 0.3) is 5.91 Å². The van der Waals surface area contributed by atoms with Crippen molar-refractivity contribution in [1.29, 1.82) is 0 Å². The van der Waals surface area contributed by atoms with E-state index in [-0.39, 0.29) is 24.1 Å². The van der Waals surface area contributed by atoms with Crippen LogP contribution in [-0.4, -0.2) is 39.2 Å². The predicted octanol–water partition coefficient (Wildman–Crippen LogP) is 1.44. The van der Waals surface area contributed by atoms with E-state index in [0.717, 1.165) is 11.4 Å². The van der Waals surface area contributed by atoms with E-state index in [1.54, 1.807) is 23.2 Å². The number of para-hydroxylation sites is 1. The molecule has 0 aliphatic heterocycles.